The summed E-state index contributed by atoms with van der Waals surface area (Å²) in [5, 5.41) is 10.9. The largest absolute Gasteiger partial charge is 0.433 e. The monoisotopic (exact) mass is 365 g/mol. The van der Waals surface area contributed by atoms with Crippen LogP contribution in [0.4, 0.5) is 13.2 Å². The van der Waals surface area contributed by atoms with Crippen LogP contribution in [0.1, 0.15) is 29.7 Å². The van der Waals surface area contributed by atoms with Gasteiger partial charge in [-0.25, -0.2) is 0 Å². The highest BCUT2D eigenvalue weighted by atomic mass is 19.4. The average Bonchev–Trinajstić information content (AvgIpc) is 2.62. The van der Waals surface area contributed by atoms with Crippen molar-refractivity contribution in [2.45, 2.75) is 31.0 Å². The molecule has 1 aliphatic rings. The van der Waals surface area contributed by atoms with Crippen molar-refractivity contribution < 1.29 is 23.1 Å². The number of likely N-dealkylation sites (tertiary alicyclic amines) is 1. The van der Waals surface area contributed by atoms with E-state index in [2.05, 4.69) is 9.97 Å². The van der Waals surface area contributed by atoms with Gasteiger partial charge in [0.1, 0.15) is 11.3 Å². The zero-order valence-corrected chi connectivity index (χ0v) is 13.9. The van der Waals surface area contributed by atoms with Gasteiger partial charge in [0.25, 0.3) is 0 Å². The van der Waals surface area contributed by atoms with E-state index in [0.29, 0.717) is 30.5 Å². The van der Waals surface area contributed by atoms with E-state index in [1.165, 1.54) is 11.0 Å². The summed E-state index contributed by atoms with van der Waals surface area (Å²) in [5.74, 6) is -0.256. The first-order valence-electron chi connectivity index (χ1n) is 8.21. The van der Waals surface area contributed by atoms with Gasteiger partial charge in [-0.2, -0.15) is 13.2 Å². The van der Waals surface area contributed by atoms with Crippen LogP contribution in [-0.4, -0.2) is 39.0 Å². The van der Waals surface area contributed by atoms with Crippen molar-refractivity contribution in [2.24, 2.45) is 0 Å². The summed E-state index contributed by atoms with van der Waals surface area (Å²) < 4.78 is 37.6. The fraction of sp³-hybridized carbons (Fsp3) is 0.389. The van der Waals surface area contributed by atoms with Crippen LogP contribution < -0.4 is 0 Å². The minimum Gasteiger partial charge on any atom is -0.383 e. The maximum absolute atomic E-state index is 12.5. The van der Waals surface area contributed by atoms with Gasteiger partial charge in [0.05, 0.1) is 13.0 Å². The van der Waals surface area contributed by atoms with Crippen LogP contribution in [-0.2, 0) is 23.0 Å². The molecule has 2 aromatic rings. The molecule has 0 radical (unpaired) electrons. The maximum atomic E-state index is 12.5. The molecular weight excluding hydrogens is 347 g/mol. The average molecular weight is 365 g/mol. The highest BCUT2D eigenvalue weighted by Crippen LogP contribution is 2.31. The molecule has 5 nitrogen and oxygen atoms in total. The summed E-state index contributed by atoms with van der Waals surface area (Å²) in [5.41, 5.74) is -1.11. The van der Waals surface area contributed by atoms with Gasteiger partial charge in [-0.3, -0.25) is 14.8 Å². The molecule has 1 atom stereocenters. The smallest absolute Gasteiger partial charge is 0.383 e. The Balaban J connectivity index is 1.68. The molecule has 3 rings (SSSR count). The van der Waals surface area contributed by atoms with Crippen molar-refractivity contribution in [3.8, 4) is 0 Å². The normalized spacial score (nSPS) is 20.8. The summed E-state index contributed by atoms with van der Waals surface area (Å²) in [4.78, 5) is 21.4. The molecule has 1 aliphatic heterocycles. The molecule has 3 heterocycles. The summed E-state index contributed by atoms with van der Waals surface area (Å²) in [7, 11) is 0. The molecule has 26 heavy (non-hydrogen) atoms. The topological polar surface area (TPSA) is 66.3 Å². The molecule has 0 saturated carbocycles. The Morgan fingerprint density at radius 1 is 1.27 bits per heavy atom. The third-order valence-electron chi connectivity index (χ3n) is 4.49. The zero-order valence-electron chi connectivity index (χ0n) is 13.9. The maximum Gasteiger partial charge on any atom is 0.433 e. The van der Waals surface area contributed by atoms with Gasteiger partial charge in [-0.15, -0.1) is 0 Å². The lowest BCUT2D eigenvalue weighted by atomic mass is 9.86. The SMILES string of the molecule is O=C(Cc1ccc(C(F)(F)F)nc1)N1CCCC(O)(c2cccnc2)C1. The van der Waals surface area contributed by atoms with Gasteiger partial charge in [0.2, 0.25) is 5.91 Å². The molecule has 1 fully saturated rings. The van der Waals surface area contributed by atoms with Crippen LogP contribution in [0.5, 0.6) is 0 Å². The highest BCUT2D eigenvalue weighted by Gasteiger charge is 2.37. The molecule has 1 saturated heterocycles. The van der Waals surface area contributed by atoms with E-state index in [-0.39, 0.29) is 18.9 Å². The minimum absolute atomic E-state index is 0.0613. The van der Waals surface area contributed by atoms with Gasteiger partial charge in [0.15, 0.2) is 0 Å². The standard InChI is InChI=1S/C18H18F3N3O2/c19-18(20,21)15-5-4-13(10-23-15)9-16(25)24-8-2-6-17(26,12-24)14-3-1-7-22-11-14/h1,3-5,7,10-11,26H,2,6,8-9,12H2. The van der Waals surface area contributed by atoms with Crippen LogP contribution in [0, 0.1) is 0 Å². The van der Waals surface area contributed by atoms with Gasteiger partial charge < -0.3 is 10.0 Å². The summed E-state index contributed by atoms with van der Waals surface area (Å²) >= 11 is 0. The van der Waals surface area contributed by atoms with Crippen molar-refractivity contribution in [3.63, 3.8) is 0 Å². The zero-order chi connectivity index (χ0) is 18.8. The number of rotatable bonds is 3. The van der Waals surface area contributed by atoms with Crippen LogP contribution in [0.2, 0.25) is 0 Å². The van der Waals surface area contributed by atoms with Gasteiger partial charge >= 0.3 is 6.18 Å². The second-order valence-electron chi connectivity index (χ2n) is 6.42. The van der Waals surface area contributed by atoms with E-state index in [1.54, 1.807) is 24.5 Å². The molecule has 2 aromatic heterocycles. The van der Waals surface area contributed by atoms with Crippen LogP contribution in [0.25, 0.3) is 0 Å². The van der Waals surface area contributed by atoms with Gasteiger partial charge in [-0.05, 0) is 30.5 Å². The number of aliphatic hydroxyl groups is 1. The first-order chi connectivity index (χ1) is 12.3. The predicted molar refractivity (Wildman–Crippen MR) is 86.9 cm³/mol. The Morgan fingerprint density at radius 3 is 2.69 bits per heavy atom. The molecule has 1 N–H and O–H groups in total. The molecule has 0 aliphatic carbocycles. The van der Waals surface area contributed by atoms with E-state index < -0.39 is 17.5 Å². The number of amides is 1. The summed E-state index contributed by atoms with van der Waals surface area (Å²) in [6.07, 6.45) is 0.832. The lowest BCUT2D eigenvalue weighted by molar-refractivity contribution is -0.141. The van der Waals surface area contributed by atoms with Crippen LogP contribution in [0.15, 0.2) is 42.9 Å². The molecular formula is C18H18F3N3O2. The Labute approximate surface area is 148 Å². The minimum atomic E-state index is -4.50. The van der Waals surface area contributed by atoms with E-state index in [4.69, 9.17) is 0 Å². The van der Waals surface area contributed by atoms with Crippen molar-refractivity contribution in [1.29, 1.82) is 0 Å². The molecule has 138 valence electrons. The molecule has 0 spiro atoms. The number of aromatic nitrogens is 2. The third-order valence-corrected chi connectivity index (χ3v) is 4.49. The number of halogens is 3. The summed E-state index contributed by atoms with van der Waals surface area (Å²) in [6, 6.07) is 5.61. The quantitative estimate of drug-likeness (QED) is 0.908. The van der Waals surface area contributed by atoms with Crippen molar-refractivity contribution in [2.75, 3.05) is 13.1 Å². The van der Waals surface area contributed by atoms with E-state index in [1.807, 2.05) is 0 Å². The van der Waals surface area contributed by atoms with Crippen LogP contribution in [0.3, 0.4) is 0 Å². The van der Waals surface area contributed by atoms with Crippen molar-refractivity contribution in [3.05, 3.63) is 59.7 Å². The Morgan fingerprint density at radius 2 is 2.08 bits per heavy atom. The molecule has 1 amide bonds. The summed E-state index contributed by atoms with van der Waals surface area (Å²) in [6.45, 7) is 0.626. The number of β-amino-alcohol motifs (C(OH)–C–C–N with tert-alkyl or cyclic N) is 1. The Hall–Kier alpha value is -2.48. The van der Waals surface area contributed by atoms with Crippen LogP contribution >= 0.6 is 0 Å². The second-order valence-corrected chi connectivity index (χ2v) is 6.42. The molecule has 1 unspecified atom stereocenters. The van der Waals surface area contributed by atoms with Crippen molar-refractivity contribution >= 4 is 5.91 Å². The number of hydrogen-bond acceptors (Lipinski definition) is 4. The van der Waals surface area contributed by atoms with E-state index >= 15 is 0 Å². The van der Waals surface area contributed by atoms with E-state index in [0.717, 1.165) is 12.3 Å². The lowest BCUT2D eigenvalue weighted by Crippen LogP contribution is -2.49. The molecule has 8 heteroatoms. The number of nitrogens with zero attached hydrogens (tertiary/aromatic N) is 3. The third kappa shape index (κ3) is 4.01. The Kier molecular flexibility index (Phi) is 4.95. The number of alkyl halides is 3. The molecule has 0 aromatic carbocycles. The van der Waals surface area contributed by atoms with Gasteiger partial charge in [-0.1, -0.05) is 12.1 Å². The second kappa shape index (κ2) is 7.03. The number of carbonyl (C=O) groups excluding carboxylic acids is 1. The fourth-order valence-corrected chi connectivity index (χ4v) is 3.11. The first kappa shape index (κ1) is 18.3. The highest BCUT2D eigenvalue weighted by molar-refractivity contribution is 5.79. The fourth-order valence-electron chi connectivity index (χ4n) is 3.11. The van der Waals surface area contributed by atoms with Gasteiger partial charge in [0, 0.05) is 30.7 Å². The number of carbonyl (C=O) groups is 1. The Bertz CT molecular complexity index is 766. The van der Waals surface area contributed by atoms with Crippen molar-refractivity contribution in [1.82, 2.24) is 14.9 Å². The predicted octanol–water partition coefficient (Wildman–Crippen LogP) is 2.55. The number of piperidine rings is 1. The number of hydrogen-bond donors (Lipinski definition) is 1. The lowest BCUT2D eigenvalue weighted by Gasteiger charge is -2.39. The number of pyridine rings is 2. The first-order valence-corrected chi connectivity index (χ1v) is 8.21. The van der Waals surface area contributed by atoms with E-state index in [9.17, 15) is 23.1 Å². The molecule has 0 bridgehead atoms.